The van der Waals surface area contributed by atoms with Crippen molar-refractivity contribution in [2.45, 2.75) is 51.0 Å². The first kappa shape index (κ1) is 20.7. The van der Waals surface area contributed by atoms with Crippen LogP contribution in [0.2, 0.25) is 0 Å². The quantitative estimate of drug-likeness (QED) is 0.695. The molecule has 1 aromatic heterocycles. The summed E-state index contributed by atoms with van der Waals surface area (Å²) in [5, 5.41) is 6.44. The number of anilines is 1. The fraction of sp³-hybridized carbons (Fsp3) is 0.522. The van der Waals surface area contributed by atoms with E-state index in [4.69, 9.17) is 0 Å². The summed E-state index contributed by atoms with van der Waals surface area (Å²) >= 11 is 0. The minimum absolute atomic E-state index is 0.121. The second kappa shape index (κ2) is 9.51. The average Bonchev–Trinajstić information content (AvgIpc) is 3.24. The molecule has 7 heteroatoms. The summed E-state index contributed by atoms with van der Waals surface area (Å²) in [6.07, 6.45) is 7.27. The van der Waals surface area contributed by atoms with Gasteiger partial charge in [-0.05, 0) is 62.9 Å². The third kappa shape index (κ3) is 4.95. The molecule has 1 atom stereocenters. The lowest BCUT2D eigenvalue weighted by Gasteiger charge is -2.26. The molecule has 1 saturated heterocycles. The van der Waals surface area contributed by atoms with Crippen LogP contribution in [0.4, 0.5) is 10.2 Å². The van der Waals surface area contributed by atoms with E-state index in [1.165, 1.54) is 25.0 Å². The van der Waals surface area contributed by atoms with Crippen molar-refractivity contribution in [1.29, 1.82) is 0 Å². The van der Waals surface area contributed by atoms with E-state index in [2.05, 4.69) is 25.5 Å². The molecule has 0 spiro atoms. The number of nitrogens with one attached hydrogen (secondary N) is 2. The lowest BCUT2D eigenvalue weighted by atomic mass is 9.93. The molecule has 4 rings (SSSR count). The van der Waals surface area contributed by atoms with Gasteiger partial charge in [0.15, 0.2) is 0 Å². The number of nitrogens with zero attached hydrogens (tertiary/aromatic N) is 3. The Bertz CT molecular complexity index is 862. The first-order chi connectivity index (χ1) is 14.6. The van der Waals surface area contributed by atoms with Crippen molar-refractivity contribution >= 4 is 11.7 Å². The van der Waals surface area contributed by atoms with Crippen molar-refractivity contribution in [2.75, 3.05) is 31.5 Å². The molecule has 30 heavy (non-hydrogen) atoms. The fourth-order valence-corrected chi connectivity index (χ4v) is 4.01. The molecule has 2 fully saturated rings. The van der Waals surface area contributed by atoms with Crippen molar-refractivity contribution in [3.63, 3.8) is 0 Å². The molecule has 1 aliphatic heterocycles. The Morgan fingerprint density at radius 1 is 1.20 bits per heavy atom. The summed E-state index contributed by atoms with van der Waals surface area (Å²) in [6, 6.07) is 6.67. The number of carbonyl (C=O) groups excluding carboxylic acids is 1. The molecule has 0 radical (unpaired) electrons. The maximum Gasteiger partial charge on any atom is 0.271 e. The van der Waals surface area contributed by atoms with E-state index in [1.54, 1.807) is 18.3 Å². The molecule has 1 aliphatic carbocycles. The molecule has 0 unspecified atom stereocenters. The summed E-state index contributed by atoms with van der Waals surface area (Å²) in [4.78, 5) is 24.3. The van der Waals surface area contributed by atoms with E-state index in [9.17, 15) is 9.18 Å². The smallest absolute Gasteiger partial charge is 0.271 e. The van der Waals surface area contributed by atoms with Crippen molar-refractivity contribution in [3.8, 4) is 0 Å². The van der Waals surface area contributed by atoms with E-state index in [0.29, 0.717) is 17.2 Å². The highest BCUT2D eigenvalue weighted by molar-refractivity contribution is 5.92. The second-order valence-electron chi connectivity index (χ2n) is 8.34. The van der Waals surface area contributed by atoms with Crippen molar-refractivity contribution in [1.82, 2.24) is 20.2 Å². The second-order valence-corrected chi connectivity index (χ2v) is 8.34. The van der Waals surface area contributed by atoms with Crippen LogP contribution >= 0.6 is 0 Å². The van der Waals surface area contributed by atoms with Gasteiger partial charge in [0.2, 0.25) is 0 Å². The largest absolute Gasteiger partial charge is 0.367 e. The number of likely N-dealkylation sites (tertiary alicyclic amines) is 1. The van der Waals surface area contributed by atoms with Gasteiger partial charge in [0.05, 0.1) is 11.9 Å². The predicted molar refractivity (Wildman–Crippen MR) is 115 cm³/mol. The third-order valence-corrected chi connectivity index (χ3v) is 6.17. The Hall–Kier alpha value is -2.54. The number of hydrogen-bond acceptors (Lipinski definition) is 5. The molecular weight excluding hydrogens is 381 g/mol. The molecule has 160 valence electrons. The van der Waals surface area contributed by atoms with E-state index >= 15 is 0 Å². The van der Waals surface area contributed by atoms with Crippen molar-refractivity contribution < 1.29 is 9.18 Å². The van der Waals surface area contributed by atoms with Gasteiger partial charge in [-0.25, -0.2) is 14.4 Å². The highest BCUT2D eigenvalue weighted by Gasteiger charge is 2.23. The van der Waals surface area contributed by atoms with E-state index in [1.807, 2.05) is 6.92 Å². The zero-order valence-electron chi connectivity index (χ0n) is 17.5. The first-order valence-corrected chi connectivity index (χ1v) is 11.0. The van der Waals surface area contributed by atoms with Crippen LogP contribution in [-0.2, 0) is 0 Å². The van der Waals surface area contributed by atoms with E-state index in [-0.39, 0.29) is 23.7 Å². The molecule has 2 N–H and O–H groups in total. The Balaban J connectivity index is 1.53. The third-order valence-electron chi connectivity index (χ3n) is 6.17. The lowest BCUT2D eigenvalue weighted by Crippen LogP contribution is -2.40. The maximum absolute atomic E-state index is 13.4. The van der Waals surface area contributed by atoms with Crippen molar-refractivity contribution in [3.05, 3.63) is 53.2 Å². The van der Waals surface area contributed by atoms with Crippen LogP contribution in [-0.4, -0.2) is 53.0 Å². The normalized spacial score (nSPS) is 18.1. The van der Waals surface area contributed by atoms with Gasteiger partial charge >= 0.3 is 0 Å². The lowest BCUT2D eigenvalue weighted by molar-refractivity contribution is 0.0911. The Kier molecular flexibility index (Phi) is 6.57. The number of benzene rings is 1. The van der Waals surface area contributed by atoms with Gasteiger partial charge in [0.25, 0.3) is 5.91 Å². The number of amides is 1. The Labute approximate surface area is 177 Å². The molecule has 0 bridgehead atoms. The molecule has 1 aromatic carbocycles. The molecule has 1 saturated carbocycles. The summed E-state index contributed by atoms with van der Waals surface area (Å²) in [7, 11) is 0. The summed E-state index contributed by atoms with van der Waals surface area (Å²) in [5.41, 5.74) is 1.98. The van der Waals surface area contributed by atoms with Gasteiger partial charge in [-0.3, -0.25) is 4.79 Å². The maximum atomic E-state index is 13.4. The molecule has 6 nitrogen and oxygen atoms in total. The van der Waals surface area contributed by atoms with Crippen molar-refractivity contribution in [2.24, 2.45) is 0 Å². The predicted octanol–water partition coefficient (Wildman–Crippen LogP) is 3.56. The Morgan fingerprint density at radius 3 is 2.60 bits per heavy atom. The summed E-state index contributed by atoms with van der Waals surface area (Å²) in [6.45, 7) is 6.02. The topological polar surface area (TPSA) is 70.1 Å². The molecular formula is C23H30FN5O. The Morgan fingerprint density at radius 2 is 1.93 bits per heavy atom. The number of aromatic nitrogens is 2. The minimum Gasteiger partial charge on any atom is -0.367 e. The van der Waals surface area contributed by atoms with Crippen LogP contribution in [0.1, 0.15) is 66.7 Å². The number of halogens is 1. The van der Waals surface area contributed by atoms with Crippen LogP contribution in [0.3, 0.4) is 0 Å². The molecule has 2 aromatic rings. The van der Waals surface area contributed by atoms with Crippen LogP contribution in [0.15, 0.2) is 30.5 Å². The molecule has 2 aliphatic rings. The monoisotopic (exact) mass is 411 g/mol. The van der Waals surface area contributed by atoms with Gasteiger partial charge in [0.1, 0.15) is 17.3 Å². The zero-order chi connectivity index (χ0) is 20.9. The van der Waals surface area contributed by atoms with Crippen LogP contribution in [0.5, 0.6) is 0 Å². The number of rotatable bonds is 8. The molecule has 1 amide bonds. The highest BCUT2D eigenvalue weighted by Crippen LogP contribution is 2.28. The minimum atomic E-state index is -0.269. The van der Waals surface area contributed by atoms with E-state index in [0.717, 1.165) is 51.0 Å². The SMILES string of the molecule is C[C@H](c1ccc(F)cc1)c1nc(C(=O)NC2CCC2)cnc1NCCN1CCCC1. The molecule has 2 heterocycles. The van der Waals surface area contributed by atoms with Crippen LogP contribution in [0.25, 0.3) is 0 Å². The van der Waals surface area contributed by atoms with Crippen LogP contribution in [0, 0.1) is 5.82 Å². The average molecular weight is 412 g/mol. The zero-order valence-corrected chi connectivity index (χ0v) is 17.5. The summed E-state index contributed by atoms with van der Waals surface area (Å²) < 4.78 is 13.4. The number of carbonyl (C=O) groups is 1. The first-order valence-electron chi connectivity index (χ1n) is 11.0. The van der Waals surface area contributed by atoms with Crippen LogP contribution < -0.4 is 10.6 Å². The van der Waals surface area contributed by atoms with Gasteiger partial charge < -0.3 is 15.5 Å². The van der Waals surface area contributed by atoms with E-state index < -0.39 is 0 Å². The summed E-state index contributed by atoms with van der Waals surface area (Å²) in [5.74, 6) is 0.119. The highest BCUT2D eigenvalue weighted by atomic mass is 19.1. The van der Waals surface area contributed by atoms with Gasteiger partial charge in [-0.1, -0.05) is 19.1 Å². The fourth-order valence-electron chi connectivity index (χ4n) is 4.01. The van der Waals surface area contributed by atoms with Gasteiger partial charge in [0, 0.05) is 25.0 Å². The number of hydrogen-bond donors (Lipinski definition) is 2. The van der Waals surface area contributed by atoms with Gasteiger partial charge in [-0.15, -0.1) is 0 Å². The van der Waals surface area contributed by atoms with Gasteiger partial charge in [-0.2, -0.15) is 0 Å². The standard InChI is InChI=1S/C23H30FN5O/c1-16(17-7-9-18(24)10-8-17)21-22(25-11-14-29-12-2-3-13-29)26-15-20(28-21)23(30)27-19-5-4-6-19/h7-10,15-16,19H,2-6,11-14H2,1H3,(H,25,26)(H,27,30)/t16-/m1/s1.